The SMILES string of the molecule is CCCc1ccc(C(=O)N2CCCn3nnc(CN4CCCCC4)c3C2)cc1.O=C(O)C(F)(F)F. The maximum absolute atomic E-state index is 13.1. The number of carboxylic acid groups (broad SMARTS) is 1. The number of piperidine rings is 1. The number of hydrogen-bond acceptors (Lipinski definition) is 5. The fraction of sp³-hybridized carbons (Fsp3) is 0.583. The topological polar surface area (TPSA) is 91.6 Å². The Balaban J connectivity index is 0.000000429. The Kier molecular flexibility index (Phi) is 9.25. The van der Waals surface area contributed by atoms with Crippen LogP contribution in [0.5, 0.6) is 0 Å². The van der Waals surface area contributed by atoms with E-state index in [4.69, 9.17) is 9.90 Å². The van der Waals surface area contributed by atoms with Crippen molar-refractivity contribution in [3.8, 4) is 0 Å². The summed E-state index contributed by atoms with van der Waals surface area (Å²) in [7, 11) is 0. The number of alkyl halides is 3. The van der Waals surface area contributed by atoms with Crippen LogP contribution in [0.25, 0.3) is 0 Å². The highest BCUT2D eigenvalue weighted by Gasteiger charge is 2.38. The first-order valence-corrected chi connectivity index (χ1v) is 12.0. The van der Waals surface area contributed by atoms with Gasteiger partial charge in [0.2, 0.25) is 0 Å². The monoisotopic (exact) mass is 495 g/mol. The van der Waals surface area contributed by atoms with Crippen LogP contribution < -0.4 is 0 Å². The van der Waals surface area contributed by atoms with E-state index in [1.54, 1.807) is 0 Å². The largest absolute Gasteiger partial charge is 0.490 e. The average molecular weight is 496 g/mol. The number of aromatic nitrogens is 3. The van der Waals surface area contributed by atoms with E-state index in [9.17, 15) is 18.0 Å². The zero-order valence-corrected chi connectivity index (χ0v) is 19.9. The van der Waals surface area contributed by atoms with Crippen molar-refractivity contribution in [3.05, 3.63) is 46.8 Å². The summed E-state index contributed by atoms with van der Waals surface area (Å²) >= 11 is 0. The molecule has 0 radical (unpaired) electrons. The van der Waals surface area contributed by atoms with Gasteiger partial charge in [-0.1, -0.05) is 37.1 Å². The van der Waals surface area contributed by atoms with Crippen LogP contribution in [0.4, 0.5) is 13.2 Å². The molecule has 11 heteroatoms. The van der Waals surface area contributed by atoms with Crippen LogP contribution in [0.15, 0.2) is 24.3 Å². The first-order chi connectivity index (χ1) is 16.7. The van der Waals surface area contributed by atoms with Crippen LogP contribution in [0.2, 0.25) is 0 Å². The lowest BCUT2D eigenvalue weighted by Crippen LogP contribution is -2.32. The van der Waals surface area contributed by atoms with Gasteiger partial charge in [0, 0.05) is 25.2 Å². The van der Waals surface area contributed by atoms with Gasteiger partial charge in [-0.05, 0) is 56.5 Å². The van der Waals surface area contributed by atoms with Gasteiger partial charge in [-0.25, -0.2) is 9.48 Å². The molecule has 2 aliphatic rings. The number of carbonyl (C=O) groups is 2. The van der Waals surface area contributed by atoms with Gasteiger partial charge in [0.05, 0.1) is 12.2 Å². The fourth-order valence-corrected chi connectivity index (χ4v) is 4.30. The van der Waals surface area contributed by atoms with E-state index in [-0.39, 0.29) is 5.91 Å². The van der Waals surface area contributed by atoms with E-state index < -0.39 is 12.1 Å². The summed E-state index contributed by atoms with van der Waals surface area (Å²) < 4.78 is 33.7. The lowest BCUT2D eigenvalue weighted by Gasteiger charge is -2.26. The number of halogens is 3. The number of hydrogen-bond donors (Lipinski definition) is 1. The third-order valence-electron chi connectivity index (χ3n) is 6.15. The summed E-state index contributed by atoms with van der Waals surface area (Å²) in [6.45, 7) is 7.51. The van der Waals surface area contributed by atoms with Crippen LogP contribution in [-0.2, 0) is 30.8 Å². The van der Waals surface area contributed by atoms with Crippen molar-refractivity contribution >= 4 is 11.9 Å². The Bertz CT molecular complexity index is 985. The molecule has 4 rings (SSSR count). The van der Waals surface area contributed by atoms with Crippen LogP contribution in [-0.4, -0.2) is 67.6 Å². The summed E-state index contributed by atoms with van der Waals surface area (Å²) in [6.07, 6.45) is 1.87. The molecule has 0 aliphatic carbocycles. The highest BCUT2D eigenvalue weighted by atomic mass is 19.4. The zero-order valence-electron chi connectivity index (χ0n) is 19.9. The van der Waals surface area contributed by atoms with Crippen LogP contribution in [0, 0.1) is 0 Å². The smallest absolute Gasteiger partial charge is 0.475 e. The van der Waals surface area contributed by atoms with Gasteiger partial charge in [-0.2, -0.15) is 13.2 Å². The standard InChI is InChI=1S/C22H31N5O.C2HF3O2/c1-2-7-18-8-10-19(11-9-18)22(28)26-14-6-15-27-21(17-26)20(23-24-27)16-25-12-4-3-5-13-25;3-2(4,5)1(6)7/h8-11H,2-7,12-17H2,1H3;(H,6,7). The second-order valence-electron chi connectivity index (χ2n) is 8.87. The number of nitrogens with zero attached hydrogens (tertiary/aromatic N) is 5. The second-order valence-corrected chi connectivity index (χ2v) is 8.87. The first-order valence-electron chi connectivity index (χ1n) is 12.0. The van der Waals surface area contributed by atoms with Crippen molar-refractivity contribution in [3.63, 3.8) is 0 Å². The summed E-state index contributed by atoms with van der Waals surface area (Å²) in [5.74, 6) is -2.64. The molecule has 35 heavy (non-hydrogen) atoms. The molecule has 1 fully saturated rings. The molecule has 2 aliphatic heterocycles. The van der Waals surface area contributed by atoms with Gasteiger partial charge in [-0.15, -0.1) is 5.10 Å². The number of likely N-dealkylation sites (tertiary alicyclic amines) is 1. The first kappa shape index (κ1) is 26.7. The summed E-state index contributed by atoms with van der Waals surface area (Å²) in [4.78, 5) is 26.5. The van der Waals surface area contributed by atoms with Crippen molar-refractivity contribution in [1.29, 1.82) is 0 Å². The van der Waals surface area contributed by atoms with E-state index in [2.05, 4.69) is 34.3 Å². The predicted molar refractivity (Wildman–Crippen MR) is 123 cm³/mol. The molecule has 0 saturated carbocycles. The Morgan fingerprint density at radius 2 is 1.66 bits per heavy atom. The maximum atomic E-state index is 13.1. The summed E-state index contributed by atoms with van der Waals surface area (Å²) in [6, 6.07) is 8.12. The van der Waals surface area contributed by atoms with Crippen molar-refractivity contribution in [2.24, 2.45) is 0 Å². The molecule has 0 spiro atoms. The molecular weight excluding hydrogens is 463 g/mol. The fourth-order valence-electron chi connectivity index (χ4n) is 4.30. The van der Waals surface area contributed by atoms with E-state index >= 15 is 0 Å². The molecule has 0 bridgehead atoms. The van der Waals surface area contributed by atoms with Crippen molar-refractivity contribution in [2.75, 3.05) is 19.6 Å². The number of rotatable bonds is 5. The Hall–Kier alpha value is -2.95. The zero-order chi connectivity index (χ0) is 25.4. The van der Waals surface area contributed by atoms with E-state index in [0.29, 0.717) is 6.54 Å². The van der Waals surface area contributed by atoms with E-state index in [0.717, 1.165) is 68.9 Å². The second kappa shape index (κ2) is 12.1. The van der Waals surface area contributed by atoms with Crippen molar-refractivity contribution in [2.45, 2.75) is 71.3 Å². The number of benzene rings is 1. The van der Waals surface area contributed by atoms with E-state index in [1.165, 1.54) is 24.8 Å². The Morgan fingerprint density at radius 3 is 2.26 bits per heavy atom. The molecule has 8 nitrogen and oxygen atoms in total. The highest BCUT2D eigenvalue weighted by molar-refractivity contribution is 5.94. The minimum absolute atomic E-state index is 0.113. The molecule has 3 heterocycles. The Morgan fingerprint density at radius 1 is 1.00 bits per heavy atom. The van der Waals surface area contributed by atoms with E-state index in [1.807, 2.05) is 21.7 Å². The molecule has 192 valence electrons. The molecule has 1 aromatic carbocycles. The summed E-state index contributed by atoms with van der Waals surface area (Å²) in [5.41, 5.74) is 4.22. The molecule has 1 N–H and O–H groups in total. The molecular formula is C24H32F3N5O3. The molecule has 0 atom stereocenters. The molecule has 2 aromatic rings. The third-order valence-corrected chi connectivity index (χ3v) is 6.15. The number of aliphatic carboxylic acids is 1. The molecule has 0 unspecified atom stereocenters. The van der Waals surface area contributed by atoms with Crippen LogP contribution in [0.3, 0.4) is 0 Å². The minimum Gasteiger partial charge on any atom is -0.475 e. The van der Waals surface area contributed by atoms with Crippen LogP contribution >= 0.6 is 0 Å². The van der Waals surface area contributed by atoms with Crippen molar-refractivity contribution in [1.82, 2.24) is 24.8 Å². The van der Waals surface area contributed by atoms with Crippen LogP contribution in [0.1, 0.15) is 66.3 Å². The van der Waals surface area contributed by atoms with Gasteiger partial charge in [0.25, 0.3) is 5.91 Å². The van der Waals surface area contributed by atoms with Crippen molar-refractivity contribution < 1.29 is 27.9 Å². The third kappa shape index (κ3) is 7.51. The molecule has 1 amide bonds. The van der Waals surface area contributed by atoms with Gasteiger partial charge < -0.3 is 10.0 Å². The number of fused-ring (bicyclic) bond motifs is 1. The molecule has 1 saturated heterocycles. The number of carboxylic acids is 1. The number of amides is 1. The lowest BCUT2D eigenvalue weighted by molar-refractivity contribution is -0.192. The van der Waals surface area contributed by atoms with Gasteiger partial charge >= 0.3 is 12.1 Å². The molecule has 1 aromatic heterocycles. The van der Waals surface area contributed by atoms with Gasteiger partial charge in [0.15, 0.2) is 0 Å². The van der Waals surface area contributed by atoms with Gasteiger partial charge in [0.1, 0.15) is 5.69 Å². The minimum atomic E-state index is -5.08. The number of carbonyl (C=O) groups excluding carboxylic acids is 1. The lowest BCUT2D eigenvalue weighted by atomic mass is 10.1. The maximum Gasteiger partial charge on any atom is 0.490 e. The predicted octanol–water partition coefficient (Wildman–Crippen LogP) is 3.90. The van der Waals surface area contributed by atoms with Gasteiger partial charge in [-0.3, -0.25) is 9.69 Å². The quantitative estimate of drug-likeness (QED) is 0.677. The number of aryl methyl sites for hydroxylation is 2. The Labute approximate surface area is 202 Å². The normalized spacial score (nSPS) is 16.6. The average Bonchev–Trinajstić information content (AvgIpc) is 3.07. The summed E-state index contributed by atoms with van der Waals surface area (Å²) in [5, 5.41) is 16.0. The highest BCUT2D eigenvalue weighted by Crippen LogP contribution is 2.20.